The number of hydrogen-bond acceptors (Lipinski definition) is 7. The van der Waals surface area contributed by atoms with E-state index in [1.54, 1.807) is 7.05 Å². The second kappa shape index (κ2) is 13.8. The zero-order valence-electron chi connectivity index (χ0n) is 17.8. The zero-order valence-corrected chi connectivity index (χ0v) is 20.3. The highest BCUT2D eigenvalue weighted by Gasteiger charge is 2.32. The van der Waals surface area contributed by atoms with Crippen molar-refractivity contribution in [2.24, 2.45) is 7.05 Å². The molecule has 1 aromatic rings. The van der Waals surface area contributed by atoms with Gasteiger partial charge in [0.15, 0.2) is 14.8 Å². The van der Waals surface area contributed by atoms with E-state index in [0.29, 0.717) is 12.8 Å². The molecule has 0 aliphatic carbocycles. The number of phosphoric acid groups is 1. The SMILES string of the molecule is CC=S(=O)(OOP(=O)(OCCCCCC)OCCCCCC)c1c(Cl)cnn1C. The molecule has 1 atom stereocenters. The van der Waals surface area contributed by atoms with Gasteiger partial charge >= 0.3 is 7.82 Å². The highest BCUT2D eigenvalue weighted by atomic mass is 35.5. The summed E-state index contributed by atoms with van der Waals surface area (Å²) in [5.41, 5.74) is 0. The minimum atomic E-state index is -4.05. The highest BCUT2D eigenvalue weighted by Crippen LogP contribution is 2.50. The highest BCUT2D eigenvalue weighted by molar-refractivity contribution is 7.97. The van der Waals surface area contributed by atoms with Crippen LogP contribution in [0.4, 0.5) is 0 Å². The van der Waals surface area contributed by atoms with Gasteiger partial charge in [0.05, 0.1) is 24.4 Å². The van der Waals surface area contributed by atoms with E-state index in [2.05, 4.69) is 18.9 Å². The second-order valence-corrected chi connectivity index (χ2v) is 10.6. The molecule has 0 aliphatic rings. The van der Waals surface area contributed by atoms with Gasteiger partial charge in [-0.15, -0.1) is 9.01 Å². The van der Waals surface area contributed by atoms with Crippen LogP contribution in [-0.4, -0.2) is 32.6 Å². The van der Waals surface area contributed by atoms with E-state index in [9.17, 15) is 8.77 Å². The lowest BCUT2D eigenvalue weighted by Crippen LogP contribution is -2.15. The third kappa shape index (κ3) is 9.09. The van der Waals surface area contributed by atoms with E-state index in [1.165, 1.54) is 23.2 Å². The molecule has 11 heteroatoms. The number of halogens is 1. The summed E-state index contributed by atoms with van der Waals surface area (Å²) in [6.45, 7) is 6.11. The van der Waals surface area contributed by atoms with Crippen LogP contribution < -0.4 is 0 Å². The minimum absolute atomic E-state index is 0.110. The summed E-state index contributed by atoms with van der Waals surface area (Å²) in [5, 5.41) is 5.49. The summed E-state index contributed by atoms with van der Waals surface area (Å²) in [6.07, 6.45) is 8.91. The smallest absolute Gasteiger partial charge is 0.285 e. The quantitative estimate of drug-likeness (QED) is 0.100. The van der Waals surface area contributed by atoms with Crippen LogP contribution in [0.25, 0.3) is 0 Å². The first-order valence-electron chi connectivity index (χ1n) is 10.1. The lowest BCUT2D eigenvalue weighted by molar-refractivity contribution is -0.122. The topological polar surface area (TPSA) is 88.9 Å². The van der Waals surface area contributed by atoms with Crippen molar-refractivity contribution >= 4 is 34.6 Å². The van der Waals surface area contributed by atoms with Gasteiger partial charge in [-0.3, -0.25) is 13.7 Å². The zero-order chi connectivity index (χ0) is 21.8. The first-order chi connectivity index (χ1) is 13.8. The van der Waals surface area contributed by atoms with Crippen LogP contribution in [0, 0.1) is 0 Å². The standard InChI is InChI=1S/C18H34ClN2O6PS/c1-5-8-10-12-14-24-28(22,25-15-13-11-9-6-2)26-27-29(23,7-3)18-17(19)16-20-21(18)4/h7,16H,5-6,8-15H2,1-4H3. The molecule has 0 bridgehead atoms. The Morgan fingerprint density at radius 3 is 2.07 bits per heavy atom. The van der Waals surface area contributed by atoms with Crippen LogP contribution in [0.2, 0.25) is 5.02 Å². The molecule has 0 spiro atoms. The van der Waals surface area contributed by atoms with Crippen LogP contribution >= 0.6 is 19.4 Å². The Bertz CT molecular complexity index is 726. The Balaban J connectivity index is 2.80. The van der Waals surface area contributed by atoms with E-state index in [-0.39, 0.29) is 23.3 Å². The lowest BCUT2D eigenvalue weighted by Gasteiger charge is -2.18. The number of phosphoric ester groups is 1. The first kappa shape index (κ1) is 26.6. The van der Waals surface area contributed by atoms with E-state index < -0.39 is 17.6 Å². The predicted octanol–water partition coefficient (Wildman–Crippen LogP) is 5.70. The minimum Gasteiger partial charge on any atom is -0.285 e. The van der Waals surface area contributed by atoms with Gasteiger partial charge in [0.1, 0.15) is 0 Å². The average Bonchev–Trinajstić information content (AvgIpc) is 3.05. The summed E-state index contributed by atoms with van der Waals surface area (Å²) >= 11 is 6.07. The van der Waals surface area contributed by atoms with E-state index in [4.69, 9.17) is 29.7 Å². The molecule has 0 amide bonds. The number of rotatable bonds is 16. The fraction of sp³-hybridized carbons (Fsp3) is 0.778. The number of nitrogens with zero attached hydrogens (tertiary/aromatic N) is 2. The van der Waals surface area contributed by atoms with Crippen molar-refractivity contribution in [3.8, 4) is 0 Å². The summed E-state index contributed by atoms with van der Waals surface area (Å²) in [5.74, 6) is 0. The Labute approximate surface area is 180 Å². The molecule has 1 rings (SSSR count). The maximum absolute atomic E-state index is 13.2. The molecular formula is C18H34ClN2O6PS. The number of aryl methyl sites for hydroxylation is 1. The largest absolute Gasteiger partial charge is 0.503 e. The summed E-state index contributed by atoms with van der Waals surface area (Å²) in [6, 6.07) is 0. The molecule has 0 aromatic carbocycles. The normalized spacial score (nSPS) is 14.1. The molecule has 0 saturated heterocycles. The van der Waals surface area contributed by atoms with Crippen LogP contribution in [-0.2, 0) is 39.5 Å². The fourth-order valence-electron chi connectivity index (χ4n) is 2.48. The molecule has 0 N–H and O–H groups in total. The first-order valence-corrected chi connectivity index (χ1v) is 13.5. The number of hydrogen-bond donors (Lipinski definition) is 0. The van der Waals surface area contributed by atoms with Crippen LogP contribution in [0.15, 0.2) is 11.2 Å². The third-order valence-corrected chi connectivity index (χ3v) is 7.80. The Kier molecular flexibility index (Phi) is 12.7. The molecular weight excluding hydrogens is 439 g/mol. The van der Waals surface area contributed by atoms with Crippen molar-refractivity contribution in [3.05, 3.63) is 11.2 Å². The van der Waals surface area contributed by atoms with Crippen molar-refractivity contribution in [1.82, 2.24) is 9.78 Å². The molecule has 1 aromatic heterocycles. The number of aromatic nitrogens is 2. The summed E-state index contributed by atoms with van der Waals surface area (Å²) < 4.78 is 48.4. The predicted molar refractivity (Wildman–Crippen MR) is 116 cm³/mol. The Hall–Kier alpha value is -0.410. The maximum Gasteiger partial charge on any atom is 0.503 e. The summed E-state index contributed by atoms with van der Waals surface area (Å²) in [7, 11) is -5.83. The Morgan fingerprint density at radius 1 is 1.10 bits per heavy atom. The monoisotopic (exact) mass is 472 g/mol. The van der Waals surface area contributed by atoms with Crippen molar-refractivity contribution in [2.45, 2.75) is 77.2 Å². The fourth-order valence-corrected chi connectivity index (χ4v) is 5.60. The molecule has 0 fully saturated rings. The van der Waals surface area contributed by atoms with Crippen LogP contribution in [0.3, 0.4) is 0 Å². The summed E-state index contributed by atoms with van der Waals surface area (Å²) in [4.78, 5) is 0. The van der Waals surface area contributed by atoms with E-state index in [0.717, 1.165) is 38.5 Å². The van der Waals surface area contributed by atoms with Gasteiger partial charge in [-0.05, 0) is 25.1 Å². The van der Waals surface area contributed by atoms with Gasteiger partial charge in [-0.1, -0.05) is 64.0 Å². The van der Waals surface area contributed by atoms with Gasteiger partial charge in [0.2, 0.25) is 0 Å². The van der Waals surface area contributed by atoms with Gasteiger partial charge in [0, 0.05) is 7.05 Å². The van der Waals surface area contributed by atoms with E-state index in [1.807, 2.05) is 0 Å². The van der Waals surface area contributed by atoms with Crippen molar-refractivity contribution in [1.29, 1.82) is 0 Å². The molecule has 0 radical (unpaired) electrons. The van der Waals surface area contributed by atoms with Crippen LogP contribution in [0.1, 0.15) is 72.1 Å². The van der Waals surface area contributed by atoms with E-state index >= 15 is 0 Å². The molecule has 29 heavy (non-hydrogen) atoms. The molecule has 0 aliphatic heterocycles. The van der Waals surface area contributed by atoms with Gasteiger partial charge in [0.25, 0.3) is 0 Å². The number of unbranched alkanes of at least 4 members (excludes halogenated alkanes) is 6. The van der Waals surface area contributed by atoms with Gasteiger partial charge in [-0.2, -0.15) is 5.10 Å². The lowest BCUT2D eigenvalue weighted by atomic mass is 10.2. The van der Waals surface area contributed by atoms with Crippen molar-refractivity contribution in [2.75, 3.05) is 13.2 Å². The molecule has 170 valence electrons. The van der Waals surface area contributed by atoms with Gasteiger partial charge in [-0.25, -0.2) is 8.77 Å². The third-order valence-electron chi connectivity index (χ3n) is 4.14. The average molecular weight is 473 g/mol. The van der Waals surface area contributed by atoms with Crippen molar-refractivity contribution in [3.63, 3.8) is 0 Å². The molecule has 0 saturated carbocycles. The van der Waals surface area contributed by atoms with Crippen LogP contribution in [0.5, 0.6) is 0 Å². The van der Waals surface area contributed by atoms with Gasteiger partial charge < -0.3 is 0 Å². The molecule has 1 unspecified atom stereocenters. The molecule has 8 nitrogen and oxygen atoms in total. The molecule has 1 heterocycles. The second-order valence-electron chi connectivity index (χ2n) is 6.58. The van der Waals surface area contributed by atoms with Crippen molar-refractivity contribution < 1.29 is 26.8 Å². The maximum atomic E-state index is 13.2. The Morgan fingerprint density at radius 2 is 1.66 bits per heavy atom.